The highest BCUT2D eigenvalue weighted by Crippen LogP contribution is 2.02. The zero-order chi connectivity index (χ0) is 16.7. The lowest BCUT2D eigenvalue weighted by molar-refractivity contribution is 0.0950. The Bertz CT molecular complexity index is 744. The number of sulfone groups is 1. The van der Waals surface area contributed by atoms with Crippen LogP contribution in [0.3, 0.4) is 0 Å². The molecule has 1 heterocycles. The van der Waals surface area contributed by atoms with Crippen molar-refractivity contribution in [1.29, 1.82) is 0 Å². The van der Waals surface area contributed by atoms with E-state index in [-0.39, 0.29) is 23.7 Å². The number of aromatic nitrogens is 2. The standard InChI is InChI=1S/C16H19N3O3S/c1-13-11-19-15(12-18-13)16(20)17-8-10-23(21,22)9-7-14-5-3-2-4-6-14/h2-6,11-12H,7-10H2,1H3,(H,17,20). The van der Waals surface area contributed by atoms with Crippen LogP contribution in [0.2, 0.25) is 0 Å². The van der Waals surface area contributed by atoms with Gasteiger partial charge in [-0.25, -0.2) is 13.4 Å². The van der Waals surface area contributed by atoms with Gasteiger partial charge in [0.25, 0.3) is 5.91 Å². The van der Waals surface area contributed by atoms with Gasteiger partial charge in [-0.3, -0.25) is 9.78 Å². The minimum Gasteiger partial charge on any atom is -0.350 e. The van der Waals surface area contributed by atoms with E-state index in [9.17, 15) is 13.2 Å². The number of hydrogen-bond acceptors (Lipinski definition) is 5. The molecule has 6 nitrogen and oxygen atoms in total. The van der Waals surface area contributed by atoms with Crippen molar-refractivity contribution in [2.45, 2.75) is 13.3 Å². The molecule has 0 aliphatic rings. The number of aryl methyl sites for hydroxylation is 2. The smallest absolute Gasteiger partial charge is 0.271 e. The van der Waals surface area contributed by atoms with Crippen molar-refractivity contribution < 1.29 is 13.2 Å². The third-order valence-electron chi connectivity index (χ3n) is 3.26. The van der Waals surface area contributed by atoms with Crippen LogP contribution in [0, 0.1) is 6.92 Å². The van der Waals surface area contributed by atoms with Gasteiger partial charge >= 0.3 is 0 Å². The Kier molecular flexibility index (Phi) is 5.81. The summed E-state index contributed by atoms with van der Waals surface area (Å²) in [5, 5.41) is 2.55. The Balaban J connectivity index is 1.78. The van der Waals surface area contributed by atoms with E-state index in [2.05, 4.69) is 15.3 Å². The summed E-state index contributed by atoms with van der Waals surface area (Å²) in [4.78, 5) is 19.7. The Morgan fingerprint density at radius 2 is 1.83 bits per heavy atom. The highest BCUT2D eigenvalue weighted by molar-refractivity contribution is 7.91. The molecule has 2 aromatic rings. The molecule has 7 heteroatoms. The van der Waals surface area contributed by atoms with Crippen LogP contribution in [0.4, 0.5) is 0 Å². The molecule has 23 heavy (non-hydrogen) atoms. The lowest BCUT2D eigenvalue weighted by atomic mass is 10.2. The molecule has 1 aromatic heterocycles. The second kappa shape index (κ2) is 7.82. The van der Waals surface area contributed by atoms with E-state index in [1.165, 1.54) is 12.4 Å². The van der Waals surface area contributed by atoms with Gasteiger partial charge in [0.05, 0.1) is 23.4 Å². The minimum absolute atomic E-state index is 0.0610. The number of carbonyl (C=O) groups is 1. The molecule has 0 bridgehead atoms. The summed E-state index contributed by atoms with van der Waals surface area (Å²) in [6.45, 7) is 1.83. The largest absolute Gasteiger partial charge is 0.350 e. The number of benzene rings is 1. The SMILES string of the molecule is Cc1cnc(C(=O)NCCS(=O)(=O)CCc2ccccc2)cn1. The summed E-state index contributed by atoms with van der Waals surface area (Å²) in [5.74, 6) is -0.446. The number of nitrogens with one attached hydrogen (secondary N) is 1. The highest BCUT2D eigenvalue weighted by Gasteiger charge is 2.13. The number of carbonyl (C=O) groups excluding carboxylic acids is 1. The minimum atomic E-state index is -3.22. The second-order valence-corrected chi connectivity index (χ2v) is 7.49. The van der Waals surface area contributed by atoms with Gasteiger partial charge in [-0.05, 0) is 18.9 Å². The van der Waals surface area contributed by atoms with Crippen molar-refractivity contribution in [2.24, 2.45) is 0 Å². The van der Waals surface area contributed by atoms with Crippen LogP contribution in [0.25, 0.3) is 0 Å². The lowest BCUT2D eigenvalue weighted by Gasteiger charge is -2.06. The average Bonchev–Trinajstić information content (AvgIpc) is 2.54. The first kappa shape index (κ1) is 17.1. The molecule has 2 rings (SSSR count). The molecule has 0 fully saturated rings. The van der Waals surface area contributed by atoms with E-state index in [1.54, 1.807) is 6.92 Å². The number of amides is 1. The topological polar surface area (TPSA) is 89.0 Å². The van der Waals surface area contributed by atoms with Crippen LogP contribution < -0.4 is 5.32 Å². The first-order chi connectivity index (χ1) is 11.0. The number of hydrogen-bond donors (Lipinski definition) is 1. The van der Waals surface area contributed by atoms with Crippen molar-refractivity contribution in [3.8, 4) is 0 Å². The molecule has 1 aromatic carbocycles. The maximum atomic E-state index is 12.0. The average molecular weight is 333 g/mol. The van der Waals surface area contributed by atoms with E-state index >= 15 is 0 Å². The molecule has 0 unspecified atom stereocenters. The molecule has 0 radical (unpaired) electrons. The third-order valence-corrected chi connectivity index (χ3v) is 4.91. The van der Waals surface area contributed by atoms with Gasteiger partial charge in [0, 0.05) is 12.7 Å². The second-order valence-electron chi connectivity index (χ2n) is 5.19. The molecule has 0 atom stereocenters. The van der Waals surface area contributed by atoms with E-state index in [1.807, 2.05) is 30.3 Å². The summed E-state index contributed by atoms with van der Waals surface area (Å²) in [6.07, 6.45) is 3.33. The van der Waals surface area contributed by atoms with Gasteiger partial charge in [-0.15, -0.1) is 0 Å². The Morgan fingerprint density at radius 3 is 2.48 bits per heavy atom. The highest BCUT2D eigenvalue weighted by atomic mass is 32.2. The predicted molar refractivity (Wildman–Crippen MR) is 87.9 cm³/mol. The molecule has 1 N–H and O–H groups in total. The third kappa shape index (κ3) is 5.78. The van der Waals surface area contributed by atoms with Gasteiger partial charge in [0.2, 0.25) is 0 Å². The van der Waals surface area contributed by atoms with Crippen LogP contribution in [0.1, 0.15) is 21.7 Å². The van der Waals surface area contributed by atoms with Gasteiger partial charge in [0.1, 0.15) is 5.69 Å². The van der Waals surface area contributed by atoms with Crippen molar-refractivity contribution in [3.63, 3.8) is 0 Å². The van der Waals surface area contributed by atoms with E-state index in [0.29, 0.717) is 12.1 Å². The summed E-state index contributed by atoms with van der Waals surface area (Å²) in [6, 6.07) is 9.44. The van der Waals surface area contributed by atoms with E-state index < -0.39 is 15.7 Å². The number of nitrogens with zero attached hydrogens (tertiary/aromatic N) is 2. The van der Waals surface area contributed by atoms with Crippen LogP contribution in [-0.4, -0.2) is 42.3 Å². The monoisotopic (exact) mass is 333 g/mol. The molecule has 1 amide bonds. The summed E-state index contributed by atoms with van der Waals surface area (Å²) >= 11 is 0. The summed E-state index contributed by atoms with van der Waals surface area (Å²) in [5.41, 5.74) is 1.87. The summed E-state index contributed by atoms with van der Waals surface area (Å²) < 4.78 is 24.0. The first-order valence-electron chi connectivity index (χ1n) is 7.27. The zero-order valence-electron chi connectivity index (χ0n) is 12.9. The fourth-order valence-electron chi connectivity index (χ4n) is 1.94. The maximum Gasteiger partial charge on any atom is 0.271 e. The normalized spacial score (nSPS) is 11.2. The molecular formula is C16H19N3O3S. The molecular weight excluding hydrogens is 314 g/mol. The first-order valence-corrected chi connectivity index (χ1v) is 9.09. The van der Waals surface area contributed by atoms with Crippen molar-refractivity contribution in [2.75, 3.05) is 18.1 Å². The molecule has 0 aliphatic carbocycles. The van der Waals surface area contributed by atoms with E-state index in [0.717, 1.165) is 5.56 Å². The van der Waals surface area contributed by atoms with Crippen LogP contribution >= 0.6 is 0 Å². The van der Waals surface area contributed by atoms with E-state index in [4.69, 9.17) is 0 Å². The van der Waals surface area contributed by atoms with Crippen LogP contribution in [-0.2, 0) is 16.3 Å². The molecule has 0 saturated carbocycles. The predicted octanol–water partition coefficient (Wildman–Crippen LogP) is 1.17. The number of rotatable bonds is 7. The quantitative estimate of drug-likeness (QED) is 0.821. The van der Waals surface area contributed by atoms with Crippen LogP contribution in [0.5, 0.6) is 0 Å². The van der Waals surface area contributed by atoms with Crippen LogP contribution in [0.15, 0.2) is 42.7 Å². The van der Waals surface area contributed by atoms with Gasteiger partial charge < -0.3 is 5.32 Å². The van der Waals surface area contributed by atoms with Gasteiger partial charge in [-0.1, -0.05) is 30.3 Å². The molecule has 0 spiro atoms. The van der Waals surface area contributed by atoms with Gasteiger partial charge in [-0.2, -0.15) is 0 Å². The summed E-state index contributed by atoms with van der Waals surface area (Å²) in [7, 11) is -3.22. The zero-order valence-corrected chi connectivity index (χ0v) is 13.7. The van der Waals surface area contributed by atoms with Crippen molar-refractivity contribution >= 4 is 15.7 Å². The molecule has 0 aliphatic heterocycles. The fourth-order valence-corrected chi connectivity index (χ4v) is 3.10. The molecule has 0 saturated heterocycles. The Hall–Kier alpha value is -2.28. The fraction of sp³-hybridized carbons (Fsp3) is 0.312. The lowest BCUT2D eigenvalue weighted by Crippen LogP contribution is -2.30. The van der Waals surface area contributed by atoms with Crippen molar-refractivity contribution in [3.05, 3.63) is 59.7 Å². The Labute approximate surface area is 135 Å². The Morgan fingerprint density at radius 1 is 1.09 bits per heavy atom. The van der Waals surface area contributed by atoms with Crippen molar-refractivity contribution in [1.82, 2.24) is 15.3 Å². The maximum absolute atomic E-state index is 12.0. The molecule has 122 valence electrons. The van der Waals surface area contributed by atoms with Gasteiger partial charge in [0.15, 0.2) is 9.84 Å².